The van der Waals surface area contributed by atoms with Gasteiger partial charge in [0.1, 0.15) is 17.3 Å². The fourth-order valence-corrected chi connectivity index (χ4v) is 2.10. The zero-order valence-corrected chi connectivity index (χ0v) is 11.2. The smallest absolute Gasteiger partial charge is 0.255 e. The van der Waals surface area contributed by atoms with Gasteiger partial charge in [-0.3, -0.25) is 4.79 Å². The van der Waals surface area contributed by atoms with Gasteiger partial charge in [-0.25, -0.2) is 0 Å². The van der Waals surface area contributed by atoms with Crippen molar-refractivity contribution in [2.75, 3.05) is 0 Å². The lowest BCUT2D eigenvalue weighted by Crippen LogP contribution is -2.26. The Bertz CT molecular complexity index is 601. The summed E-state index contributed by atoms with van der Waals surface area (Å²) in [5.41, 5.74) is 1.22. The van der Waals surface area contributed by atoms with Gasteiger partial charge in [-0.15, -0.1) is 0 Å². The first-order valence-electron chi connectivity index (χ1n) is 6.15. The van der Waals surface area contributed by atoms with Gasteiger partial charge in [-0.1, -0.05) is 12.1 Å². The number of aromatic hydroxyl groups is 1. The predicted octanol–water partition coefficient (Wildman–Crippen LogP) is 3.09. The minimum absolute atomic E-state index is 0.0210. The third-order valence-electron chi connectivity index (χ3n) is 3.04. The van der Waals surface area contributed by atoms with Crippen LogP contribution in [0.2, 0.25) is 0 Å². The SMILES string of the molecule is Cc1cc(C(C)NC(=O)c2ccccc2O)c(C)o1. The standard InChI is InChI=1S/C15H17NO3/c1-9-8-13(11(3)19-9)10(2)16-15(18)12-6-4-5-7-14(12)17/h4-8,10,17H,1-3H3,(H,16,18). The van der Waals surface area contributed by atoms with Crippen LogP contribution < -0.4 is 5.32 Å². The molecule has 0 radical (unpaired) electrons. The lowest BCUT2D eigenvalue weighted by Gasteiger charge is -2.13. The molecule has 1 heterocycles. The van der Waals surface area contributed by atoms with Gasteiger partial charge in [0.15, 0.2) is 0 Å². The van der Waals surface area contributed by atoms with Crippen LogP contribution in [0, 0.1) is 13.8 Å². The Morgan fingerprint density at radius 3 is 2.58 bits per heavy atom. The number of aryl methyl sites for hydroxylation is 2. The monoisotopic (exact) mass is 259 g/mol. The normalized spacial score (nSPS) is 12.2. The Hall–Kier alpha value is -2.23. The van der Waals surface area contributed by atoms with E-state index in [1.54, 1.807) is 18.2 Å². The van der Waals surface area contributed by atoms with Crippen LogP contribution in [0.25, 0.3) is 0 Å². The highest BCUT2D eigenvalue weighted by atomic mass is 16.3. The van der Waals surface area contributed by atoms with Crippen molar-refractivity contribution in [1.29, 1.82) is 0 Å². The maximum Gasteiger partial charge on any atom is 0.255 e. The fourth-order valence-electron chi connectivity index (χ4n) is 2.10. The molecule has 1 unspecified atom stereocenters. The average molecular weight is 259 g/mol. The summed E-state index contributed by atoms with van der Waals surface area (Å²) in [6, 6.07) is 8.21. The molecule has 0 spiro atoms. The number of carbonyl (C=O) groups excluding carboxylic acids is 1. The molecule has 1 aromatic heterocycles. The van der Waals surface area contributed by atoms with Gasteiger partial charge in [0.2, 0.25) is 0 Å². The first-order chi connectivity index (χ1) is 8.99. The topological polar surface area (TPSA) is 62.5 Å². The number of nitrogens with one attached hydrogen (secondary N) is 1. The number of benzene rings is 1. The molecule has 4 nitrogen and oxygen atoms in total. The Morgan fingerprint density at radius 2 is 2.00 bits per heavy atom. The maximum atomic E-state index is 12.1. The van der Waals surface area contributed by atoms with E-state index in [0.717, 1.165) is 17.1 Å². The highest BCUT2D eigenvalue weighted by Crippen LogP contribution is 2.22. The third-order valence-corrected chi connectivity index (χ3v) is 3.04. The van der Waals surface area contributed by atoms with E-state index >= 15 is 0 Å². The lowest BCUT2D eigenvalue weighted by atomic mass is 10.1. The van der Waals surface area contributed by atoms with Crippen LogP contribution in [0.5, 0.6) is 5.75 Å². The van der Waals surface area contributed by atoms with Crippen molar-refractivity contribution in [3.8, 4) is 5.75 Å². The molecular formula is C15H17NO3. The maximum absolute atomic E-state index is 12.1. The van der Waals surface area contributed by atoms with Gasteiger partial charge in [-0.2, -0.15) is 0 Å². The minimum atomic E-state index is -0.302. The summed E-state index contributed by atoms with van der Waals surface area (Å²) >= 11 is 0. The molecule has 4 heteroatoms. The number of phenolic OH excluding ortho intramolecular Hbond substituents is 1. The number of para-hydroxylation sites is 1. The van der Waals surface area contributed by atoms with Crippen molar-refractivity contribution in [1.82, 2.24) is 5.32 Å². The molecule has 0 fully saturated rings. The molecule has 19 heavy (non-hydrogen) atoms. The molecule has 2 rings (SSSR count). The highest BCUT2D eigenvalue weighted by Gasteiger charge is 2.17. The van der Waals surface area contributed by atoms with E-state index in [1.807, 2.05) is 26.8 Å². The molecule has 100 valence electrons. The summed E-state index contributed by atoms with van der Waals surface area (Å²) in [6.45, 7) is 5.62. The summed E-state index contributed by atoms with van der Waals surface area (Å²) < 4.78 is 5.45. The molecule has 0 saturated carbocycles. The molecule has 0 aliphatic heterocycles. The zero-order chi connectivity index (χ0) is 14.0. The molecule has 0 aliphatic carbocycles. The second-order valence-corrected chi connectivity index (χ2v) is 4.58. The van der Waals surface area contributed by atoms with Crippen LogP contribution in [0.3, 0.4) is 0 Å². The van der Waals surface area contributed by atoms with Crippen LogP contribution in [0.1, 0.15) is 40.4 Å². The second kappa shape index (κ2) is 5.18. The number of amides is 1. The van der Waals surface area contributed by atoms with E-state index in [-0.39, 0.29) is 23.3 Å². The first-order valence-corrected chi connectivity index (χ1v) is 6.15. The molecule has 2 aromatic rings. The molecule has 1 atom stereocenters. The van der Waals surface area contributed by atoms with Crippen LogP contribution in [0.15, 0.2) is 34.7 Å². The number of carbonyl (C=O) groups is 1. The van der Waals surface area contributed by atoms with Crippen molar-refractivity contribution < 1.29 is 14.3 Å². The van der Waals surface area contributed by atoms with Crippen molar-refractivity contribution in [3.63, 3.8) is 0 Å². The summed E-state index contributed by atoms with van der Waals surface area (Å²) in [5, 5.41) is 12.5. The molecule has 1 amide bonds. The Balaban J connectivity index is 2.15. The predicted molar refractivity (Wildman–Crippen MR) is 72.2 cm³/mol. The molecule has 0 saturated heterocycles. The van der Waals surface area contributed by atoms with E-state index in [9.17, 15) is 9.90 Å². The Morgan fingerprint density at radius 1 is 1.32 bits per heavy atom. The van der Waals surface area contributed by atoms with Crippen LogP contribution in [-0.4, -0.2) is 11.0 Å². The Kier molecular flexibility index (Phi) is 3.60. The minimum Gasteiger partial charge on any atom is -0.507 e. The molecule has 2 N–H and O–H groups in total. The summed E-state index contributed by atoms with van der Waals surface area (Å²) in [6.07, 6.45) is 0. The van der Waals surface area contributed by atoms with Crippen LogP contribution in [0.4, 0.5) is 0 Å². The van der Waals surface area contributed by atoms with Crippen molar-refractivity contribution in [2.45, 2.75) is 26.8 Å². The van der Waals surface area contributed by atoms with Crippen molar-refractivity contribution in [2.24, 2.45) is 0 Å². The quantitative estimate of drug-likeness (QED) is 0.890. The molecule has 1 aromatic carbocycles. The number of hydrogen-bond donors (Lipinski definition) is 2. The van der Waals surface area contributed by atoms with Gasteiger partial charge in [-0.05, 0) is 39.0 Å². The summed E-state index contributed by atoms with van der Waals surface area (Å²) in [4.78, 5) is 12.1. The highest BCUT2D eigenvalue weighted by molar-refractivity contribution is 5.96. The van der Waals surface area contributed by atoms with Crippen LogP contribution in [-0.2, 0) is 0 Å². The summed E-state index contributed by atoms with van der Waals surface area (Å²) in [7, 11) is 0. The summed E-state index contributed by atoms with van der Waals surface area (Å²) in [5.74, 6) is 1.29. The number of furan rings is 1. The van der Waals surface area contributed by atoms with Gasteiger partial charge < -0.3 is 14.8 Å². The van der Waals surface area contributed by atoms with Crippen LogP contribution >= 0.6 is 0 Å². The molecule has 0 aliphatic rings. The Labute approximate surface area is 112 Å². The third kappa shape index (κ3) is 2.78. The number of phenols is 1. The number of rotatable bonds is 3. The fraction of sp³-hybridized carbons (Fsp3) is 0.267. The van der Waals surface area contributed by atoms with Gasteiger partial charge in [0, 0.05) is 5.56 Å². The first kappa shape index (κ1) is 13.2. The van der Waals surface area contributed by atoms with E-state index < -0.39 is 0 Å². The van der Waals surface area contributed by atoms with E-state index in [0.29, 0.717) is 0 Å². The molecule has 0 bridgehead atoms. The van der Waals surface area contributed by atoms with E-state index in [1.165, 1.54) is 6.07 Å². The lowest BCUT2D eigenvalue weighted by molar-refractivity contribution is 0.0937. The van der Waals surface area contributed by atoms with Crippen molar-refractivity contribution >= 4 is 5.91 Å². The largest absolute Gasteiger partial charge is 0.507 e. The zero-order valence-electron chi connectivity index (χ0n) is 11.2. The van der Waals surface area contributed by atoms with Gasteiger partial charge in [0.05, 0.1) is 11.6 Å². The average Bonchev–Trinajstić information content (AvgIpc) is 2.69. The van der Waals surface area contributed by atoms with E-state index in [4.69, 9.17) is 4.42 Å². The molecular weight excluding hydrogens is 242 g/mol. The van der Waals surface area contributed by atoms with E-state index in [2.05, 4.69) is 5.32 Å². The van der Waals surface area contributed by atoms with Gasteiger partial charge >= 0.3 is 0 Å². The number of hydrogen-bond acceptors (Lipinski definition) is 3. The van der Waals surface area contributed by atoms with Gasteiger partial charge in [0.25, 0.3) is 5.91 Å². The second-order valence-electron chi connectivity index (χ2n) is 4.58. The van der Waals surface area contributed by atoms with Crippen molar-refractivity contribution in [3.05, 3.63) is 53.0 Å².